The van der Waals surface area contributed by atoms with Gasteiger partial charge in [0.15, 0.2) is 24.6 Å². The Morgan fingerprint density at radius 1 is 1.02 bits per heavy atom. The van der Waals surface area contributed by atoms with Gasteiger partial charge in [0.2, 0.25) is 0 Å². The average molecular weight is 673 g/mol. The number of hydrogen-bond acceptors (Lipinski definition) is 9. The summed E-state index contributed by atoms with van der Waals surface area (Å²) in [6.45, 7) is 8.40. The number of unbranched alkanes of at least 4 members (excludes halogenated alkanes) is 8. The molecule has 10 nitrogen and oxygen atoms in total. The highest BCUT2D eigenvalue weighted by molar-refractivity contribution is 5.90. The first kappa shape index (κ1) is 34.6. The zero-order valence-electron chi connectivity index (χ0n) is 29.2. The van der Waals surface area contributed by atoms with E-state index in [1.165, 1.54) is 38.5 Å². The van der Waals surface area contributed by atoms with Crippen LogP contribution >= 0.6 is 0 Å². The molecule has 8 bridgehead atoms. The fourth-order valence-corrected chi connectivity index (χ4v) is 11.8. The van der Waals surface area contributed by atoms with Gasteiger partial charge in [0.25, 0.3) is 0 Å². The smallest absolute Gasteiger partial charge is 0.316 e. The molecule has 8 aliphatic rings. The lowest BCUT2D eigenvalue weighted by Gasteiger charge is -2.58. The van der Waals surface area contributed by atoms with Crippen molar-refractivity contribution in [3.8, 4) is 0 Å². The molecule has 8 rings (SSSR count). The van der Waals surface area contributed by atoms with Crippen molar-refractivity contribution in [3.05, 3.63) is 11.6 Å². The number of esters is 1. The summed E-state index contributed by atoms with van der Waals surface area (Å²) in [5, 5.41) is 22.8. The lowest BCUT2D eigenvalue weighted by molar-refractivity contribution is -0.447. The number of carboxylic acids is 1. The summed E-state index contributed by atoms with van der Waals surface area (Å²) in [6.07, 6.45) is 11.9. The van der Waals surface area contributed by atoms with Crippen LogP contribution in [0.2, 0.25) is 0 Å². The standard InChI is InChI=1S/C38H56O10/c1-5-6-7-8-9-10-11-12-13-14-28(40)45-29-30-32(41)38(47-31(29)33(46-30)48-38)44-21-36-19-25-23(4)15-16-26(25)35(20-39)18-24(36)17-27(22(2)3)37(35,36)34(42)43/h17,20,22-26,29-33,41H,5-16,18-19,21H2,1-4H3,(H,42,43). The molecule has 268 valence electrons. The van der Waals surface area contributed by atoms with Gasteiger partial charge in [-0.15, -0.1) is 0 Å². The number of ether oxygens (including phenoxy) is 5. The van der Waals surface area contributed by atoms with E-state index in [0.717, 1.165) is 44.0 Å². The molecule has 4 aliphatic heterocycles. The van der Waals surface area contributed by atoms with Gasteiger partial charge in [-0.2, -0.15) is 0 Å². The normalized spacial score (nSPS) is 46.0. The van der Waals surface area contributed by atoms with E-state index in [9.17, 15) is 24.6 Å². The summed E-state index contributed by atoms with van der Waals surface area (Å²) in [5.74, 6) is -2.82. The summed E-state index contributed by atoms with van der Waals surface area (Å²) >= 11 is 0. The lowest BCUT2D eigenvalue weighted by atomic mass is 9.43. The van der Waals surface area contributed by atoms with Gasteiger partial charge in [-0.1, -0.05) is 97.1 Å². The van der Waals surface area contributed by atoms with E-state index >= 15 is 0 Å². The number of aliphatic hydroxyl groups excluding tert-OH is 1. The molecule has 4 saturated heterocycles. The maximum Gasteiger partial charge on any atom is 0.316 e. The third-order valence-corrected chi connectivity index (χ3v) is 13.9. The molecule has 10 heteroatoms. The molecule has 0 radical (unpaired) electrons. The molecule has 13 atom stereocenters. The fourth-order valence-electron chi connectivity index (χ4n) is 11.8. The third-order valence-electron chi connectivity index (χ3n) is 13.9. The fraction of sp³-hybridized carbons (Fsp3) is 0.868. The minimum atomic E-state index is -1.87. The first-order valence-corrected chi connectivity index (χ1v) is 19.0. The zero-order chi connectivity index (χ0) is 34.1. The minimum absolute atomic E-state index is 0.00973. The van der Waals surface area contributed by atoms with Crippen LogP contribution in [-0.4, -0.2) is 71.7 Å². The molecule has 4 heterocycles. The van der Waals surface area contributed by atoms with Gasteiger partial charge in [0, 0.05) is 11.8 Å². The molecule has 7 fully saturated rings. The van der Waals surface area contributed by atoms with Crippen molar-refractivity contribution in [1.82, 2.24) is 0 Å². The maximum atomic E-state index is 13.8. The second-order valence-corrected chi connectivity index (χ2v) is 16.5. The number of aldehydes is 1. The Labute approximate surface area is 284 Å². The van der Waals surface area contributed by atoms with Crippen LogP contribution in [0.5, 0.6) is 0 Å². The van der Waals surface area contributed by atoms with Crippen LogP contribution in [0.3, 0.4) is 0 Å². The third kappa shape index (κ3) is 4.71. The van der Waals surface area contributed by atoms with Crippen LogP contribution in [-0.2, 0) is 38.1 Å². The molecule has 3 saturated carbocycles. The Hall–Kier alpha value is -1.85. The summed E-state index contributed by atoms with van der Waals surface area (Å²) in [7, 11) is 0. The molecule has 2 N–H and O–H groups in total. The number of hydrogen-bond donors (Lipinski definition) is 2. The van der Waals surface area contributed by atoms with E-state index in [0.29, 0.717) is 25.2 Å². The summed E-state index contributed by atoms with van der Waals surface area (Å²) in [6, 6.07) is 0. The monoisotopic (exact) mass is 672 g/mol. The van der Waals surface area contributed by atoms with Crippen LogP contribution in [0.15, 0.2) is 11.6 Å². The SMILES string of the molecule is CCCCCCCCCCCC(=O)OC1C2OC3(OCC45CC6C(C)CCC6C6(C=O)CC4C=C(C(C)C)C65C(=O)O)OC2OC1C3O. The molecule has 48 heavy (non-hydrogen) atoms. The lowest BCUT2D eigenvalue weighted by Crippen LogP contribution is -2.66. The van der Waals surface area contributed by atoms with Crippen LogP contribution in [0, 0.1) is 45.8 Å². The van der Waals surface area contributed by atoms with Gasteiger partial charge in [0.05, 0.1) is 12.0 Å². The molecular weight excluding hydrogens is 616 g/mol. The molecular formula is C38H56O10. The summed E-state index contributed by atoms with van der Waals surface area (Å²) < 4.78 is 30.6. The Kier molecular flexibility index (Phi) is 9.17. The van der Waals surface area contributed by atoms with Gasteiger partial charge in [-0.25, -0.2) is 0 Å². The van der Waals surface area contributed by atoms with E-state index in [-0.39, 0.29) is 36.2 Å². The van der Waals surface area contributed by atoms with Crippen LogP contribution in [0.1, 0.15) is 118 Å². The van der Waals surface area contributed by atoms with Crippen molar-refractivity contribution in [2.24, 2.45) is 45.8 Å². The maximum absolute atomic E-state index is 13.8. The highest BCUT2D eigenvalue weighted by Gasteiger charge is 2.85. The van der Waals surface area contributed by atoms with Gasteiger partial charge in [0.1, 0.15) is 17.8 Å². The topological polar surface area (TPSA) is 138 Å². The number of carbonyl (C=O) groups is 3. The summed E-state index contributed by atoms with van der Waals surface area (Å²) in [5.41, 5.74) is -2.51. The quantitative estimate of drug-likeness (QED) is 0.0828. The molecule has 0 spiro atoms. The number of carbonyl (C=O) groups excluding carboxylic acids is 2. The zero-order valence-corrected chi connectivity index (χ0v) is 29.2. The van der Waals surface area contributed by atoms with Crippen molar-refractivity contribution in [3.63, 3.8) is 0 Å². The predicted octanol–water partition coefficient (Wildman–Crippen LogP) is 5.93. The number of rotatable bonds is 17. The van der Waals surface area contributed by atoms with Crippen molar-refractivity contribution in [2.75, 3.05) is 6.61 Å². The van der Waals surface area contributed by atoms with E-state index in [1.807, 2.05) is 13.8 Å². The molecule has 0 aromatic carbocycles. The first-order chi connectivity index (χ1) is 23.0. The van der Waals surface area contributed by atoms with Gasteiger partial charge >= 0.3 is 17.9 Å². The highest BCUT2D eigenvalue weighted by Crippen LogP contribution is 2.82. The van der Waals surface area contributed by atoms with E-state index < -0.39 is 58.9 Å². The van der Waals surface area contributed by atoms with E-state index in [4.69, 9.17) is 23.7 Å². The average Bonchev–Trinajstić information content (AvgIpc) is 3.79. The Morgan fingerprint density at radius 2 is 1.73 bits per heavy atom. The molecule has 13 unspecified atom stereocenters. The van der Waals surface area contributed by atoms with E-state index in [2.05, 4.69) is 19.9 Å². The van der Waals surface area contributed by atoms with Crippen molar-refractivity contribution < 1.29 is 48.3 Å². The number of aliphatic carboxylic acids is 1. The Balaban J connectivity index is 1.03. The molecule has 0 amide bonds. The Bertz CT molecular complexity index is 1300. The molecule has 0 aromatic heterocycles. The van der Waals surface area contributed by atoms with Crippen LogP contribution < -0.4 is 0 Å². The van der Waals surface area contributed by atoms with E-state index in [1.54, 1.807) is 0 Å². The first-order valence-electron chi connectivity index (χ1n) is 19.0. The minimum Gasteiger partial charge on any atom is -0.481 e. The second-order valence-electron chi connectivity index (χ2n) is 16.5. The van der Waals surface area contributed by atoms with Crippen molar-refractivity contribution in [2.45, 2.75) is 154 Å². The van der Waals surface area contributed by atoms with Crippen molar-refractivity contribution >= 4 is 18.2 Å². The highest BCUT2D eigenvalue weighted by atomic mass is 17.0. The number of aliphatic hydroxyl groups is 1. The van der Waals surface area contributed by atoms with Crippen LogP contribution in [0.25, 0.3) is 0 Å². The largest absolute Gasteiger partial charge is 0.481 e. The van der Waals surface area contributed by atoms with Crippen molar-refractivity contribution in [1.29, 1.82) is 0 Å². The molecule has 4 aliphatic carbocycles. The van der Waals surface area contributed by atoms with Gasteiger partial charge in [-0.3, -0.25) is 14.3 Å². The number of carboxylic acid groups (broad SMARTS) is 1. The predicted molar refractivity (Wildman–Crippen MR) is 173 cm³/mol. The summed E-state index contributed by atoms with van der Waals surface area (Å²) in [4.78, 5) is 39.9. The van der Waals surface area contributed by atoms with Crippen LogP contribution in [0.4, 0.5) is 0 Å². The second kappa shape index (κ2) is 12.7. The molecule has 0 aromatic rings. The number of allylic oxidation sites excluding steroid dienone is 1. The number of fused-ring (bicyclic) bond motifs is 2. The van der Waals surface area contributed by atoms with Gasteiger partial charge in [-0.05, 0) is 55.3 Å². The Morgan fingerprint density at radius 3 is 2.40 bits per heavy atom. The van der Waals surface area contributed by atoms with Gasteiger partial charge < -0.3 is 34.0 Å².